The summed E-state index contributed by atoms with van der Waals surface area (Å²) in [6.45, 7) is 0. The van der Waals surface area contributed by atoms with Crippen LogP contribution in [0.4, 0.5) is 0 Å². The van der Waals surface area contributed by atoms with Crippen molar-refractivity contribution in [2.75, 3.05) is 5.94 Å². The molecule has 5 nitrogen and oxygen atoms in total. The lowest BCUT2D eigenvalue weighted by molar-refractivity contribution is 0.0479. The largest absolute Gasteiger partial charge is 0.275 e. The van der Waals surface area contributed by atoms with E-state index in [1.165, 1.54) is 19.3 Å². The van der Waals surface area contributed by atoms with E-state index in [-0.39, 0.29) is 5.91 Å². The van der Waals surface area contributed by atoms with Crippen molar-refractivity contribution in [3.05, 3.63) is 35.4 Å². The van der Waals surface area contributed by atoms with E-state index in [9.17, 15) is 13.2 Å². The lowest BCUT2D eigenvalue weighted by atomic mass is 9.82. The Morgan fingerprint density at radius 1 is 1.20 bits per heavy atom. The second-order valence-corrected chi connectivity index (χ2v) is 5.88. The zero-order chi connectivity index (χ0) is 14.4. The third-order valence-corrected chi connectivity index (χ3v) is 3.93. The summed E-state index contributed by atoms with van der Waals surface area (Å²) in [4.78, 5) is 16.7. The number of thiol groups is 1. The maximum absolute atomic E-state index is 12.1. The summed E-state index contributed by atoms with van der Waals surface area (Å²) >= 11 is 0. The molecule has 20 heavy (non-hydrogen) atoms. The van der Waals surface area contributed by atoms with Gasteiger partial charge in [0.2, 0.25) is 0 Å². The summed E-state index contributed by atoms with van der Waals surface area (Å²) in [5, 5.41) is 0. The molecule has 0 bridgehead atoms. The van der Waals surface area contributed by atoms with Crippen molar-refractivity contribution in [2.45, 2.75) is 38.0 Å². The Hall–Kier alpha value is -1.40. The Morgan fingerprint density at radius 3 is 2.60 bits per heavy atom. The molecule has 1 saturated carbocycles. The van der Waals surface area contributed by atoms with Crippen LogP contribution in [0.1, 0.15) is 53.9 Å². The quantitative estimate of drug-likeness (QED) is 0.644. The monoisotopic (exact) mass is 297 g/mol. The van der Waals surface area contributed by atoms with Gasteiger partial charge in [0.15, 0.2) is 16.6 Å². The van der Waals surface area contributed by atoms with E-state index < -0.39 is 16.6 Å². The van der Waals surface area contributed by atoms with E-state index in [0.717, 1.165) is 18.4 Å². The first kappa shape index (κ1) is 15.0. The van der Waals surface area contributed by atoms with E-state index in [0.29, 0.717) is 11.5 Å². The fourth-order valence-corrected chi connectivity index (χ4v) is 2.85. The van der Waals surface area contributed by atoms with E-state index in [2.05, 4.69) is 10.3 Å². The zero-order valence-electron chi connectivity index (χ0n) is 11.2. The number of benzene rings is 1. The van der Waals surface area contributed by atoms with Crippen LogP contribution >= 0.6 is 0 Å². The second-order valence-electron chi connectivity index (χ2n) is 4.96. The average molecular weight is 297 g/mol. The third kappa shape index (κ3) is 4.05. The Bertz CT molecular complexity index is 528. The van der Waals surface area contributed by atoms with Crippen molar-refractivity contribution < 1.29 is 18.0 Å². The molecule has 2 rings (SSSR count). The van der Waals surface area contributed by atoms with E-state index >= 15 is 0 Å². The number of hydroxylamine groups is 1. The number of hydrogen-bond donors (Lipinski definition) is 2. The Balaban J connectivity index is 2.08. The normalized spacial score (nSPS) is 16.2. The number of hydrogen-bond acceptors (Lipinski definition) is 4. The van der Waals surface area contributed by atoms with Crippen molar-refractivity contribution in [1.82, 2.24) is 5.48 Å². The summed E-state index contributed by atoms with van der Waals surface area (Å²) in [6, 6.07) is 7.45. The highest BCUT2D eigenvalue weighted by Crippen LogP contribution is 2.34. The maximum Gasteiger partial charge on any atom is 0.275 e. The summed E-state index contributed by atoms with van der Waals surface area (Å²) in [6.07, 6.45) is 5.82. The molecule has 0 unspecified atom stereocenters. The minimum Gasteiger partial charge on any atom is -0.267 e. The van der Waals surface area contributed by atoms with Crippen LogP contribution in [0.5, 0.6) is 0 Å². The van der Waals surface area contributed by atoms with Gasteiger partial charge in [-0.2, -0.15) is 0 Å². The molecule has 0 saturated heterocycles. The van der Waals surface area contributed by atoms with Crippen LogP contribution in [-0.4, -0.2) is 20.3 Å². The first-order valence-corrected chi connectivity index (χ1v) is 8.17. The molecule has 1 N–H and O–H groups in total. The first-order chi connectivity index (χ1) is 9.68. The molecule has 1 aliphatic carbocycles. The predicted octanol–water partition coefficient (Wildman–Crippen LogP) is 1.96. The number of carbonyl (C=O) groups is 1. The highest BCUT2D eigenvalue weighted by molar-refractivity contribution is 7.72. The molecule has 6 heteroatoms. The highest BCUT2D eigenvalue weighted by Gasteiger charge is 2.21. The summed E-state index contributed by atoms with van der Waals surface area (Å²) in [5.74, 6) is -0.489. The van der Waals surface area contributed by atoms with Crippen molar-refractivity contribution in [1.29, 1.82) is 0 Å². The molecule has 1 fully saturated rings. The van der Waals surface area contributed by atoms with Crippen molar-refractivity contribution in [2.24, 2.45) is 0 Å². The molecule has 1 aromatic carbocycles. The van der Waals surface area contributed by atoms with Gasteiger partial charge in [0, 0.05) is 5.56 Å². The van der Waals surface area contributed by atoms with Gasteiger partial charge in [-0.25, -0.2) is 13.9 Å². The van der Waals surface area contributed by atoms with Gasteiger partial charge in [-0.1, -0.05) is 37.5 Å². The number of rotatable bonds is 5. The van der Waals surface area contributed by atoms with Crippen LogP contribution in [0.25, 0.3) is 0 Å². The number of carbonyl (C=O) groups excluding carboxylic acids is 1. The maximum atomic E-state index is 12.1. The first-order valence-electron chi connectivity index (χ1n) is 6.81. The van der Waals surface area contributed by atoms with Crippen LogP contribution in [0, 0.1) is 0 Å². The Kier molecular flexibility index (Phi) is 5.55. The van der Waals surface area contributed by atoms with Gasteiger partial charge in [-0.15, -0.1) is 0 Å². The summed E-state index contributed by atoms with van der Waals surface area (Å²) in [5.41, 5.74) is 3.78. The Labute approximate surface area is 120 Å². The predicted molar refractivity (Wildman–Crippen MR) is 76.0 cm³/mol. The molecule has 0 aromatic heterocycles. The molecule has 0 heterocycles. The molecule has 0 aliphatic heterocycles. The lowest BCUT2D eigenvalue weighted by Crippen LogP contribution is -2.26. The zero-order valence-corrected chi connectivity index (χ0v) is 12.1. The highest BCUT2D eigenvalue weighted by atomic mass is 32.2. The number of amides is 1. The summed E-state index contributed by atoms with van der Waals surface area (Å²) in [7, 11) is -2.66. The van der Waals surface area contributed by atoms with Crippen molar-refractivity contribution in [3.8, 4) is 0 Å². The minimum atomic E-state index is -2.66. The van der Waals surface area contributed by atoms with E-state index in [4.69, 9.17) is 0 Å². The van der Waals surface area contributed by atoms with Gasteiger partial charge in [0.25, 0.3) is 5.91 Å². The molecular weight excluding hydrogens is 278 g/mol. The van der Waals surface area contributed by atoms with E-state index in [1.807, 2.05) is 12.1 Å². The average Bonchev–Trinajstić information content (AvgIpc) is 2.47. The van der Waals surface area contributed by atoms with Crippen molar-refractivity contribution >= 4 is 16.6 Å². The van der Waals surface area contributed by atoms with E-state index in [1.54, 1.807) is 12.1 Å². The second kappa shape index (κ2) is 7.40. The van der Waals surface area contributed by atoms with Crippen LogP contribution in [0.2, 0.25) is 0 Å². The standard InChI is InChI=1S/C14H19NO4S/c16-14(15-19-10-20(17)18)13-9-5-4-8-12(13)11-6-2-1-3-7-11/h4-5,8-9,11,20H,1-3,6-7,10H2,(H,15,16). The molecule has 1 amide bonds. The van der Waals surface area contributed by atoms with Gasteiger partial charge in [0.05, 0.1) is 0 Å². The van der Waals surface area contributed by atoms with Crippen LogP contribution in [0.15, 0.2) is 24.3 Å². The Morgan fingerprint density at radius 2 is 1.90 bits per heavy atom. The van der Waals surface area contributed by atoms with Crippen LogP contribution < -0.4 is 5.48 Å². The topological polar surface area (TPSA) is 72.5 Å². The molecule has 0 spiro atoms. The molecular formula is C14H19NO4S. The fourth-order valence-electron chi connectivity index (χ4n) is 2.68. The van der Waals surface area contributed by atoms with Gasteiger partial charge in [0.1, 0.15) is 0 Å². The third-order valence-electron chi connectivity index (χ3n) is 3.59. The van der Waals surface area contributed by atoms with Crippen LogP contribution in [-0.2, 0) is 15.5 Å². The van der Waals surface area contributed by atoms with Gasteiger partial charge < -0.3 is 0 Å². The fraction of sp³-hybridized carbons (Fsp3) is 0.500. The van der Waals surface area contributed by atoms with Gasteiger partial charge in [-0.3, -0.25) is 9.63 Å². The van der Waals surface area contributed by atoms with Crippen LogP contribution in [0.3, 0.4) is 0 Å². The summed E-state index contributed by atoms with van der Waals surface area (Å²) < 4.78 is 20.8. The van der Waals surface area contributed by atoms with Gasteiger partial charge >= 0.3 is 0 Å². The molecule has 110 valence electrons. The van der Waals surface area contributed by atoms with Crippen molar-refractivity contribution in [3.63, 3.8) is 0 Å². The smallest absolute Gasteiger partial charge is 0.267 e. The van der Waals surface area contributed by atoms with Gasteiger partial charge in [-0.05, 0) is 30.4 Å². The molecule has 1 aromatic rings. The number of nitrogens with one attached hydrogen (secondary N) is 1. The molecule has 1 aliphatic rings. The SMILES string of the molecule is O=C(NOC[SH](=O)=O)c1ccccc1C1CCCCC1. The molecule has 0 radical (unpaired) electrons. The minimum absolute atomic E-state index is 0.386. The lowest BCUT2D eigenvalue weighted by Gasteiger charge is -2.23. The molecule has 0 atom stereocenters.